The minimum Gasteiger partial charge on any atom is -0.484 e. The number of rotatable bonds is 9. The summed E-state index contributed by atoms with van der Waals surface area (Å²) in [7, 11) is -6.99. The Balaban J connectivity index is 1.28. The molecule has 2 aliphatic rings. The van der Waals surface area contributed by atoms with Gasteiger partial charge in [0.15, 0.2) is 6.61 Å². The van der Waals surface area contributed by atoms with Gasteiger partial charge in [-0.1, -0.05) is 18.6 Å². The van der Waals surface area contributed by atoms with Crippen LogP contribution in [0.5, 0.6) is 5.75 Å². The average molecular weight is 536 g/mol. The number of nitrogens with one attached hydrogen (secondary N) is 1. The Labute approximate surface area is 213 Å². The van der Waals surface area contributed by atoms with Crippen molar-refractivity contribution in [3.05, 3.63) is 53.6 Å². The maximum Gasteiger partial charge on any atom is 0.258 e. The van der Waals surface area contributed by atoms with Gasteiger partial charge in [0.1, 0.15) is 5.75 Å². The molecule has 0 atom stereocenters. The van der Waals surface area contributed by atoms with Crippen molar-refractivity contribution in [3.63, 3.8) is 0 Å². The first kappa shape index (κ1) is 26.6. The summed E-state index contributed by atoms with van der Waals surface area (Å²) >= 11 is 0. The highest BCUT2D eigenvalue weighted by atomic mass is 32.2. The average Bonchev–Trinajstić information content (AvgIpc) is 3.44. The summed E-state index contributed by atoms with van der Waals surface area (Å²) in [5, 5.41) is 2.75. The van der Waals surface area contributed by atoms with E-state index in [2.05, 4.69) is 5.32 Å². The molecule has 0 aromatic heterocycles. The highest BCUT2D eigenvalue weighted by Crippen LogP contribution is 2.26. The van der Waals surface area contributed by atoms with Crippen LogP contribution >= 0.6 is 0 Å². The van der Waals surface area contributed by atoms with Crippen LogP contribution in [0.3, 0.4) is 0 Å². The van der Waals surface area contributed by atoms with Crippen LogP contribution in [0.15, 0.2) is 52.3 Å². The van der Waals surface area contributed by atoms with E-state index in [-0.39, 0.29) is 28.8 Å². The third-order valence-electron chi connectivity index (χ3n) is 6.57. The fraction of sp³-hybridized carbons (Fsp3) is 0.480. The van der Waals surface area contributed by atoms with Crippen molar-refractivity contribution in [3.8, 4) is 5.75 Å². The topological polar surface area (TPSA) is 113 Å². The summed E-state index contributed by atoms with van der Waals surface area (Å²) in [6, 6.07) is 11.2. The summed E-state index contributed by atoms with van der Waals surface area (Å²) < 4.78 is 59.6. The number of carbonyl (C=O) groups is 1. The van der Waals surface area contributed by atoms with Crippen molar-refractivity contribution in [1.29, 1.82) is 0 Å². The molecule has 4 rings (SSSR count). The number of piperidine rings is 1. The fourth-order valence-electron chi connectivity index (χ4n) is 4.45. The fourth-order valence-corrected chi connectivity index (χ4v) is 7.57. The van der Waals surface area contributed by atoms with Crippen LogP contribution < -0.4 is 10.1 Å². The summed E-state index contributed by atoms with van der Waals surface area (Å²) in [4.78, 5) is 12.8. The van der Waals surface area contributed by atoms with Gasteiger partial charge in [-0.2, -0.15) is 8.61 Å². The van der Waals surface area contributed by atoms with Crippen LogP contribution in [-0.4, -0.2) is 64.1 Å². The summed E-state index contributed by atoms with van der Waals surface area (Å²) in [5.74, 6) is 0.104. The van der Waals surface area contributed by atoms with Crippen molar-refractivity contribution in [2.45, 2.75) is 55.4 Å². The van der Waals surface area contributed by atoms with Crippen LogP contribution in [0.4, 0.5) is 0 Å². The van der Waals surface area contributed by atoms with Gasteiger partial charge in [-0.15, -0.1) is 0 Å². The van der Waals surface area contributed by atoms with Crippen molar-refractivity contribution < 1.29 is 26.4 Å². The van der Waals surface area contributed by atoms with E-state index >= 15 is 0 Å². The van der Waals surface area contributed by atoms with Crippen molar-refractivity contribution in [2.24, 2.45) is 0 Å². The molecule has 2 aliphatic heterocycles. The molecule has 1 N–H and O–H groups in total. The number of amides is 1. The zero-order chi connectivity index (χ0) is 25.8. The maximum absolute atomic E-state index is 12.9. The van der Waals surface area contributed by atoms with Crippen molar-refractivity contribution in [1.82, 2.24) is 13.9 Å². The third-order valence-corrected chi connectivity index (χ3v) is 10.4. The Bertz CT molecular complexity index is 1280. The van der Waals surface area contributed by atoms with E-state index in [1.807, 2.05) is 0 Å². The highest BCUT2D eigenvalue weighted by molar-refractivity contribution is 7.89. The molecule has 2 heterocycles. The molecule has 1 amide bonds. The van der Waals surface area contributed by atoms with E-state index < -0.39 is 20.0 Å². The zero-order valence-electron chi connectivity index (χ0n) is 20.5. The van der Waals surface area contributed by atoms with E-state index in [4.69, 9.17) is 4.74 Å². The summed E-state index contributed by atoms with van der Waals surface area (Å²) in [6.07, 6.45) is 4.55. The molecule has 0 unspecified atom stereocenters. The van der Waals surface area contributed by atoms with Crippen LogP contribution in [-0.2, 0) is 31.4 Å². The van der Waals surface area contributed by atoms with Gasteiger partial charge in [0.25, 0.3) is 5.91 Å². The predicted octanol–water partition coefficient (Wildman–Crippen LogP) is 2.65. The molecule has 0 saturated carbocycles. The van der Waals surface area contributed by atoms with Gasteiger partial charge >= 0.3 is 0 Å². The smallest absolute Gasteiger partial charge is 0.258 e. The first-order valence-corrected chi connectivity index (χ1v) is 15.2. The minimum absolute atomic E-state index is 0.222. The highest BCUT2D eigenvalue weighted by Gasteiger charge is 2.27. The zero-order valence-corrected chi connectivity index (χ0v) is 22.1. The number of hydrogen-bond donors (Lipinski definition) is 1. The standard InChI is InChI=1S/C25H33N3O6S2/c1-20-17-23(36(32,33)28-13-3-2-4-14-28)11-12-24(20)34-19-25(29)26-18-21-7-9-22(10-8-21)35(30,31)27-15-5-6-16-27/h7-12,17H,2-6,13-16,18-19H2,1H3,(H,26,29). The number of hydrogen-bond acceptors (Lipinski definition) is 6. The lowest BCUT2D eigenvalue weighted by Crippen LogP contribution is -2.35. The molecule has 2 aromatic carbocycles. The molecule has 2 saturated heterocycles. The van der Waals surface area contributed by atoms with Crippen LogP contribution in [0.2, 0.25) is 0 Å². The number of sulfonamides is 2. The Kier molecular flexibility index (Phi) is 8.34. The number of ether oxygens (including phenoxy) is 1. The Morgan fingerprint density at radius 2 is 1.33 bits per heavy atom. The molecule has 36 heavy (non-hydrogen) atoms. The molecule has 0 bridgehead atoms. The van der Waals surface area contributed by atoms with Gasteiger partial charge in [0.2, 0.25) is 20.0 Å². The molecular weight excluding hydrogens is 502 g/mol. The lowest BCUT2D eigenvalue weighted by molar-refractivity contribution is -0.123. The first-order valence-electron chi connectivity index (χ1n) is 12.3. The molecule has 0 spiro atoms. The molecule has 9 nitrogen and oxygen atoms in total. The van der Waals surface area contributed by atoms with Crippen molar-refractivity contribution in [2.75, 3.05) is 32.8 Å². The molecule has 0 aliphatic carbocycles. The van der Waals surface area contributed by atoms with E-state index in [1.165, 1.54) is 14.7 Å². The number of nitrogens with zero attached hydrogens (tertiary/aromatic N) is 2. The summed E-state index contributed by atoms with van der Waals surface area (Å²) in [6.45, 7) is 3.94. The molecule has 196 valence electrons. The first-order chi connectivity index (χ1) is 17.2. The Morgan fingerprint density at radius 1 is 0.806 bits per heavy atom. The van der Waals surface area contributed by atoms with E-state index in [1.54, 1.807) is 43.3 Å². The lowest BCUT2D eigenvalue weighted by atomic mass is 10.2. The normalized spacial score (nSPS) is 17.7. The largest absolute Gasteiger partial charge is 0.484 e. The summed E-state index contributed by atoms with van der Waals surface area (Å²) in [5.41, 5.74) is 1.41. The molecule has 0 radical (unpaired) electrons. The second-order valence-corrected chi connectivity index (χ2v) is 13.1. The SMILES string of the molecule is Cc1cc(S(=O)(=O)N2CCCCC2)ccc1OCC(=O)NCc1ccc(S(=O)(=O)N2CCCC2)cc1. The molecule has 2 aromatic rings. The molecular formula is C25H33N3O6S2. The number of carbonyl (C=O) groups excluding carboxylic acids is 1. The Morgan fingerprint density at radius 3 is 1.92 bits per heavy atom. The second kappa shape index (κ2) is 11.3. The third kappa shape index (κ3) is 6.08. The quantitative estimate of drug-likeness (QED) is 0.528. The lowest BCUT2D eigenvalue weighted by Gasteiger charge is -2.26. The van der Waals surface area contributed by atoms with Gasteiger partial charge in [0, 0.05) is 32.7 Å². The predicted molar refractivity (Wildman–Crippen MR) is 136 cm³/mol. The van der Waals surface area contributed by atoms with Gasteiger partial charge in [-0.05, 0) is 74.1 Å². The van der Waals surface area contributed by atoms with Crippen LogP contribution in [0.1, 0.15) is 43.2 Å². The van der Waals surface area contributed by atoms with Crippen LogP contribution in [0.25, 0.3) is 0 Å². The number of benzene rings is 2. The minimum atomic E-state index is -3.53. The molecule has 11 heteroatoms. The van der Waals surface area contributed by atoms with E-state index in [0.29, 0.717) is 37.5 Å². The maximum atomic E-state index is 12.9. The number of aryl methyl sites for hydroxylation is 1. The van der Waals surface area contributed by atoms with Gasteiger partial charge in [-0.25, -0.2) is 16.8 Å². The van der Waals surface area contributed by atoms with Gasteiger partial charge in [-0.3, -0.25) is 4.79 Å². The van der Waals surface area contributed by atoms with Crippen LogP contribution in [0, 0.1) is 6.92 Å². The Hall–Kier alpha value is -2.47. The van der Waals surface area contributed by atoms with Gasteiger partial charge in [0.05, 0.1) is 9.79 Å². The second-order valence-electron chi connectivity index (χ2n) is 9.21. The molecule has 2 fully saturated rings. The van der Waals surface area contributed by atoms with E-state index in [0.717, 1.165) is 37.7 Å². The monoisotopic (exact) mass is 535 g/mol. The van der Waals surface area contributed by atoms with Crippen molar-refractivity contribution >= 4 is 26.0 Å². The van der Waals surface area contributed by atoms with Gasteiger partial charge < -0.3 is 10.1 Å². The van der Waals surface area contributed by atoms with E-state index in [9.17, 15) is 21.6 Å².